The minimum atomic E-state index is -0.816. The summed E-state index contributed by atoms with van der Waals surface area (Å²) in [5.41, 5.74) is 9.90. The van der Waals surface area contributed by atoms with Gasteiger partial charge in [-0.15, -0.1) is 11.3 Å². The van der Waals surface area contributed by atoms with E-state index in [2.05, 4.69) is 25.4 Å². The van der Waals surface area contributed by atoms with Crippen LogP contribution >= 0.6 is 11.3 Å². The largest absolute Gasteiger partial charge is 0.391 e. The summed E-state index contributed by atoms with van der Waals surface area (Å²) < 4.78 is 0. The molecule has 1 aromatic heterocycles. The number of nitrogens with one attached hydrogen (secondary N) is 2. The molecule has 4 rings (SSSR count). The van der Waals surface area contributed by atoms with Gasteiger partial charge in [-0.3, -0.25) is 19.3 Å². The van der Waals surface area contributed by atoms with Crippen molar-refractivity contribution in [2.75, 3.05) is 52.4 Å². The molecule has 0 radical (unpaired) electrons. The van der Waals surface area contributed by atoms with E-state index < -0.39 is 23.6 Å². The molecule has 5 N–H and O–H groups in total. The van der Waals surface area contributed by atoms with Gasteiger partial charge in [0.25, 0.3) is 0 Å². The number of rotatable bonds is 13. The van der Waals surface area contributed by atoms with Crippen molar-refractivity contribution in [3.63, 3.8) is 0 Å². The number of benzene rings is 1. The van der Waals surface area contributed by atoms with E-state index in [4.69, 9.17) is 5.73 Å². The number of aromatic nitrogens is 1. The molecule has 1 aromatic carbocycles. The van der Waals surface area contributed by atoms with Crippen LogP contribution in [0.2, 0.25) is 0 Å². The van der Waals surface area contributed by atoms with E-state index in [1.54, 1.807) is 11.3 Å². The highest BCUT2D eigenvalue weighted by molar-refractivity contribution is 7.13. The Morgan fingerprint density at radius 3 is 2.33 bits per heavy atom. The summed E-state index contributed by atoms with van der Waals surface area (Å²) in [6, 6.07) is 6.34. The van der Waals surface area contributed by atoms with Crippen molar-refractivity contribution in [2.24, 2.45) is 11.1 Å². The van der Waals surface area contributed by atoms with E-state index in [-0.39, 0.29) is 30.7 Å². The van der Waals surface area contributed by atoms with Gasteiger partial charge in [-0.05, 0) is 42.9 Å². The molecular formula is C33H51N7O4S. The zero-order valence-corrected chi connectivity index (χ0v) is 28.1. The maximum atomic E-state index is 13.8. The van der Waals surface area contributed by atoms with Crippen molar-refractivity contribution < 1.29 is 19.5 Å². The summed E-state index contributed by atoms with van der Waals surface area (Å²) in [5.74, 6) is -0.828. The number of aliphatic hydroxyl groups excluding tert-OH is 1. The minimum absolute atomic E-state index is 0.0564. The topological polar surface area (TPSA) is 144 Å². The third kappa shape index (κ3) is 9.79. The zero-order valence-electron chi connectivity index (χ0n) is 27.3. The van der Waals surface area contributed by atoms with E-state index >= 15 is 0 Å². The Kier molecular flexibility index (Phi) is 12.5. The van der Waals surface area contributed by atoms with Crippen LogP contribution in [-0.2, 0) is 20.9 Å². The number of β-amino-alcohol motifs (C(OH)–C–C–N with tert-alkyl or cyclic N) is 1. The number of aryl methyl sites for hydroxylation is 1. The molecule has 1 unspecified atom stereocenters. The number of carbonyl (C=O) groups is 3. The monoisotopic (exact) mass is 641 g/mol. The summed E-state index contributed by atoms with van der Waals surface area (Å²) in [6.45, 7) is 14.7. The number of amides is 3. The molecule has 12 heteroatoms. The molecule has 0 spiro atoms. The molecule has 3 heterocycles. The van der Waals surface area contributed by atoms with Gasteiger partial charge in [0.2, 0.25) is 17.7 Å². The van der Waals surface area contributed by atoms with Crippen LogP contribution in [0.5, 0.6) is 0 Å². The standard InChI is InChI=1S/C33H51N7O4S/c1-23-29(45-22-36-23)25-10-8-24(9-11-25)20-35-31(43)27-19-26(41)21-40(27)32(44)30(33(2,3)4)37-28(42)7-5-6-13-38-15-17-39(14-12-34)18-16-38/h8-11,22,26-27,30,41H,5-7,12-21,34H2,1-4H3,(H,35,43)(H,37,42)/t26?,27-,30+/m0/s1. The van der Waals surface area contributed by atoms with Crippen molar-refractivity contribution >= 4 is 29.1 Å². The summed E-state index contributed by atoms with van der Waals surface area (Å²) in [6.07, 6.45) is 1.33. The first-order chi connectivity index (χ1) is 21.5. The van der Waals surface area contributed by atoms with Crippen LogP contribution in [0.1, 0.15) is 57.7 Å². The number of hydrogen-bond donors (Lipinski definition) is 4. The molecule has 3 atom stereocenters. The maximum absolute atomic E-state index is 13.8. The second-order valence-electron chi connectivity index (χ2n) is 13.4. The number of nitrogens with zero attached hydrogens (tertiary/aromatic N) is 4. The van der Waals surface area contributed by atoms with E-state index in [0.29, 0.717) is 19.5 Å². The number of nitrogens with two attached hydrogens (primary N) is 1. The summed E-state index contributed by atoms with van der Waals surface area (Å²) >= 11 is 1.59. The van der Waals surface area contributed by atoms with Gasteiger partial charge in [-0.25, -0.2) is 4.98 Å². The minimum Gasteiger partial charge on any atom is -0.391 e. The first kappa shape index (κ1) is 35.0. The molecule has 11 nitrogen and oxygen atoms in total. The van der Waals surface area contributed by atoms with Gasteiger partial charge in [-0.2, -0.15) is 0 Å². The Morgan fingerprint density at radius 1 is 1.07 bits per heavy atom. The van der Waals surface area contributed by atoms with Gasteiger partial charge in [0.1, 0.15) is 12.1 Å². The third-order valence-electron chi connectivity index (χ3n) is 8.75. The SMILES string of the molecule is Cc1ncsc1-c1ccc(CNC(=O)[C@@H]2CC(O)CN2C(=O)[C@@H](NC(=O)CCCCN2CCN(CCN)CC2)C(C)(C)C)cc1. The van der Waals surface area contributed by atoms with E-state index in [1.807, 2.05) is 57.5 Å². The fourth-order valence-corrected chi connectivity index (χ4v) is 6.87. The van der Waals surface area contributed by atoms with Crippen LogP contribution in [0, 0.1) is 12.3 Å². The van der Waals surface area contributed by atoms with E-state index in [1.165, 1.54) is 4.90 Å². The Balaban J connectivity index is 1.27. The number of hydrogen-bond acceptors (Lipinski definition) is 9. The van der Waals surface area contributed by atoms with Crippen LogP contribution in [0.3, 0.4) is 0 Å². The van der Waals surface area contributed by atoms with Crippen molar-refractivity contribution in [1.29, 1.82) is 0 Å². The summed E-state index contributed by atoms with van der Waals surface area (Å²) in [5, 5.41) is 16.4. The first-order valence-electron chi connectivity index (χ1n) is 16.2. The fourth-order valence-electron chi connectivity index (χ4n) is 6.05. The molecule has 2 aliphatic heterocycles. The molecule has 2 fully saturated rings. The normalized spacial score (nSPS) is 20.3. The highest BCUT2D eigenvalue weighted by Gasteiger charge is 2.44. The number of thiazole rings is 1. The van der Waals surface area contributed by atoms with Crippen molar-refractivity contribution in [3.8, 4) is 10.4 Å². The number of piperazine rings is 1. The molecule has 248 valence electrons. The number of likely N-dealkylation sites (tertiary alicyclic amines) is 1. The highest BCUT2D eigenvalue weighted by Crippen LogP contribution is 2.28. The molecule has 45 heavy (non-hydrogen) atoms. The third-order valence-corrected chi connectivity index (χ3v) is 9.73. The smallest absolute Gasteiger partial charge is 0.246 e. The van der Waals surface area contributed by atoms with Crippen LogP contribution < -0.4 is 16.4 Å². The average Bonchev–Trinajstić information content (AvgIpc) is 3.62. The van der Waals surface area contributed by atoms with Gasteiger partial charge >= 0.3 is 0 Å². The number of carbonyl (C=O) groups excluding carboxylic acids is 3. The molecule has 3 amide bonds. The Bertz CT molecular complexity index is 1270. The summed E-state index contributed by atoms with van der Waals surface area (Å²) in [4.78, 5) is 51.8. The molecule has 0 saturated carbocycles. The van der Waals surface area contributed by atoms with Crippen molar-refractivity contribution in [1.82, 2.24) is 30.3 Å². The van der Waals surface area contributed by atoms with Crippen LogP contribution in [0.4, 0.5) is 0 Å². The van der Waals surface area contributed by atoms with Crippen molar-refractivity contribution in [3.05, 3.63) is 41.0 Å². The Hall–Kier alpha value is -2.90. The summed E-state index contributed by atoms with van der Waals surface area (Å²) in [7, 11) is 0. The van der Waals surface area contributed by atoms with Gasteiger partial charge in [0.05, 0.1) is 22.2 Å². The van der Waals surface area contributed by atoms with Crippen LogP contribution in [-0.4, -0.2) is 113 Å². The molecule has 2 saturated heterocycles. The quantitative estimate of drug-likeness (QED) is 0.243. The number of aliphatic hydroxyl groups is 1. The maximum Gasteiger partial charge on any atom is 0.246 e. The molecule has 2 aliphatic rings. The van der Waals surface area contributed by atoms with Gasteiger partial charge in [-0.1, -0.05) is 45.0 Å². The zero-order chi connectivity index (χ0) is 32.6. The lowest BCUT2D eigenvalue weighted by Crippen LogP contribution is -2.57. The lowest BCUT2D eigenvalue weighted by atomic mass is 9.85. The molecule has 2 aromatic rings. The fraction of sp³-hybridized carbons (Fsp3) is 0.636. The Morgan fingerprint density at radius 2 is 1.73 bits per heavy atom. The predicted octanol–water partition coefficient (Wildman–Crippen LogP) is 1.97. The molecule has 0 aliphatic carbocycles. The lowest BCUT2D eigenvalue weighted by Gasteiger charge is -2.35. The van der Waals surface area contributed by atoms with Crippen molar-refractivity contribution in [2.45, 2.75) is 78.1 Å². The molecular weight excluding hydrogens is 590 g/mol. The second-order valence-corrected chi connectivity index (χ2v) is 14.2. The van der Waals surface area contributed by atoms with Crippen LogP contribution in [0.25, 0.3) is 10.4 Å². The number of unbranched alkanes of at least 4 members (excludes halogenated alkanes) is 1. The Labute approximate surface area is 271 Å². The van der Waals surface area contributed by atoms with E-state index in [0.717, 1.165) is 73.8 Å². The van der Waals surface area contributed by atoms with Crippen LogP contribution in [0.15, 0.2) is 29.8 Å². The van der Waals surface area contributed by atoms with E-state index in [9.17, 15) is 19.5 Å². The first-order valence-corrected chi connectivity index (χ1v) is 17.0. The average molecular weight is 642 g/mol. The predicted molar refractivity (Wildman–Crippen MR) is 177 cm³/mol. The lowest BCUT2D eigenvalue weighted by molar-refractivity contribution is -0.144. The van der Waals surface area contributed by atoms with Gasteiger partial charge in [0, 0.05) is 65.2 Å². The highest BCUT2D eigenvalue weighted by atomic mass is 32.1. The second kappa shape index (κ2) is 16.1. The van der Waals surface area contributed by atoms with Gasteiger partial charge in [0.15, 0.2) is 0 Å². The van der Waals surface area contributed by atoms with Gasteiger partial charge < -0.3 is 31.3 Å². The molecule has 0 bridgehead atoms.